The maximum absolute atomic E-state index is 13.0. The topological polar surface area (TPSA) is 63.6 Å². The normalized spacial score (nSPS) is 12.5. The number of hydrogen-bond donors (Lipinski definition) is 1. The van der Waals surface area contributed by atoms with E-state index in [0.29, 0.717) is 6.54 Å². The Morgan fingerprint density at radius 2 is 2.12 bits per heavy atom. The van der Waals surface area contributed by atoms with Crippen LogP contribution in [0.15, 0.2) is 42.1 Å². The molecule has 6 heteroatoms. The first kappa shape index (κ1) is 16.5. The molecule has 0 aliphatic rings. The summed E-state index contributed by atoms with van der Waals surface area (Å²) in [6.07, 6.45) is 1.80. The summed E-state index contributed by atoms with van der Waals surface area (Å²) in [6.45, 7) is 10.1. The number of Topliss-reactive ketones (excluding diaryl/α,β-unsaturated/α-hetero) is 1. The third kappa shape index (κ3) is 2.89. The molecule has 0 aliphatic heterocycles. The molecule has 3 aromatic rings. The quantitative estimate of drug-likeness (QED) is 0.419. The van der Waals surface area contributed by atoms with Crippen LogP contribution >= 0.6 is 11.8 Å². The minimum atomic E-state index is -0.255. The number of nitrogens with zero attached hydrogens (tertiary/aromatic N) is 3. The first-order chi connectivity index (χ1) is 11.5. The first-order valence-corrected chi connectivity index (χ1v) is 8.69. The Hall–Kier alpha value is -2.34. The number of ketones is 1. The van der Waals surface area contributed by atoms with Gasteiger partial charge in [0.25, 0.3) is 0 Å². The van der Waals surface area contributed by atoms with Crippen molar-refractivity contribution in [2.45, 2.75) is 37.7 Å². The molecule has 1 N–H and O–H groups in total. The van der Waals surface area contributed by atoms with E-state index in [1.807, 2.05) is 49.6 Å². The number of rotatable bonds is 6. The number of thioether (sulfide) groups is 1. The van der Waals surface area contributed by atoms with E-state index in [-0.39, 0.29) is 11.0 Å². The number of hydrogen-bond acceptors (Lipinski definition) is 4. The minimum absolute atomic E-state index is 0.0979. The lowest BCUT2D eigenvalue weighted by molar-refractivity contribution is 0.0995. The van der Waals surface area contributed by atoms with Crippen LogP contribution in [0.3, 0.4) is 0 Å². The van der Waals surface area contributed by atoms with Crippen molar-refractivity contribution < 1.29 is 4.79 Å². The van der Waals surface area contributed by atoms with Crippen LogP contribution in [0.2, 0.25) is 0 Å². The highest BCUT2D eigenvalue weighted by atomic mass is 32.2. The number of benzene rings is 1. The maximum atomic E-state index is 13.0. The molecule has 0 unspecified atom stereocenters. The van der Waals surface area contributed by atoms with E-state index < -0.39 is 0 Å². The van der Waals surface area contributed by atoms with E-state index in [1.54, 1.807) is 6.08 Å². The molecule has 2 heterocycles. The van der Waals surface area contributed by atoms with Gasteiger partial charge in [-0.15, -0.1) is 16.8 Å². The molecular formula is C18H20N4OS. The summed E-state index contributed by atoms with van der Waals surface area (Å²) in [5.74, 6) is 0.918. The van der Waals surface area contributed by atoms with E-state index in [0.717, 1.165) is 33.1 Å². The van der Waals surface area contributed by atoms with Crippen LogP contribution in [0.4, 0.5) is 0 Å². The summed E-state index contributed by atoms with van der Waals surface area (Å²) in [5.41, 5.74) is 2.65. The molecular weight excluding hydrogens is 320 g/mol. The maximum Gasteiger partial charge on any atom is 0.192 e. The molecule has 24 heavy (non-hydrogen) atoms. The van der Waals surface area contributed by atoms with Crippen LogP contribution < -0.4 is 0 Å². The second-order valence-corrected chi connectivity index (χ2v) is 7.03. The Morgan fingerprint density at radius 1 is 1.38 bits per heavy atom. The predicted molar refractivity (Wildman–Crippen MR) is 97.6 cm³/mol. The van der Waals surface area contributed by atoms with Gasteiger partial charge < -0.3 is 9.55 Å². The van der Waals surface area contributed by atoms with Gasteiger partial charge in [-0.1, -0.05) is 36.0 Å². The van der Waals surface area contributed by atoms with Crippen LogP contribution in [0.5, 0.6) is 0 Å². The molecule has 124 valence electrons. The van der Waals surface area contributed by atoms with Crippen molar-refractivity contribution in [1.82, 2.24) is 19.7 Å². The smallest absolute Gasteiger partial charge is 0.192 e. The van der Waals surface area contributed by atoms with Gasteiger partial charge in [0.1, 0.15) is 5.82 Å². The van der Waals surface area contributed by atoms with Gasteiger partial charge in [-0.05, 0) is 26.8 Å². The Balaban J connectivity index is 1.90. The summed E-state index contributed by atoms with van der Waals surface area (Å²) in [7, 11) is 0. The van der Waals surface area contributed by atoms with Crippen LogP contribution in [0.25, 0.3) is 10.9 Å². The minimum Gasteiger partial charge on any atom is -0.358 e. The van der Waals surface area contributed by atoms with Gasteiger partial charge in [0.05, 0.1) is 5.25 Å². The average Bonchev–Trinajstić information content (AvgIpc) is 3.07. The van der Waals surface area contributed by atoms with Crippen LogP contribution in [-0.4, -0.2) is 30.8 Å². The number of aromatic amines is 1. The third-order valence-corrected chi connectivity index (χ3v) is 5.09. The zero-order valence-corrected chi connectivity index (χ0v) is 14.9. The molecule has 0 bridgehead atoms. The Morgan fingerprint density at radius 3 is 2.88 bits per heavy atom. The molecule has 5 nitrogen and oxygen atoms in total. The van der Waals surface area contributed by atoms with Gasteiger partial charge >= 0.3 is 0 Å². The zero-order valence-electron chi connectivity index (χ0n) is 14.0. The van der Waals surface area contributed by atoms with Gasteiger partial charge in [-0.3, -0.25) is 4.79 Å². The lowest BCUT2D eigenvalue weighted by Gasteiger charge is -2.11. The van der Waals surface area contributed by atoms with Gasteiger partial charge in [0.15, 0.2) is 10.9 Å². The van der Waals surface area contributed by atoms with Crippen molar-refractivity contribution in [2.75, 3.05) is 0 Å². The summed E-state index contributed by atoms with van der Waals surface area (Å²) in [5, 5.41) is 9.75. The lowest BCUT2D eigenvalue weighted by Crippen LogP contribution is -2.15. The monoisotopic (exact) mass is 340 g/mol. The van der Waals surface area contributed by atoms with Crippen molar-refractivity contribution in [2.24, 2.45) is 0 Å². The number of nitrogens with one attached hydrogen (secondary N) is 1. The number of carbonyl (C=O) groups excluding carboxylic acids is 1. The van der Waals surface area contributed by atoms with Crippen molar-refractivity contribution >= 4 is 28.4 Å². The zero-order chi connectivity index (χ0) is 17.3. The van der Waals surface area contributed by atoms with E-state index in [2.05, 4.69) is 21.8 Å². The fraction of sp³-hybridized carbons (Fsp3) is 0.278. The summed E-state index contributed by atoms with van der Waals surface area (Å²) in [4.78, 5) is 16.3. The lowest BCUT2D eigenvalue weighted by atomic mass is 10.1. The molecule has 0 saturated carbocycles. The standard InChI is InChI=1S/C18H20N4OS/c1-5-10-22-13(4)20-21-18(22)24-12(3)17(23)16-11(2)19-15-9-7-6-8-14(15)16/h5-9,12,19H,1,10H2,2-4H3/t12-/m0/s1. The molecule has 0 radical (unpaired) electrons. The predicted octanol–water partition coefficient (Wildman–Crippen LogP) is 3.93. The van der Waals surface area contributed by atoms with E-state index in [4.69, 9.17) is 0 Å². The van der Waals surface area contributed by atoms with Crippen LogP contribution in [-0.2, 0) is 6.54 Å². The van der Waals surface area contributed by atoms with Crippen molar-refractivity contribution in [3.05, 3.63) is 54.0 Å². The molecule has 0 amide bonds. The van der Waals surface area contributed by atoms with E-state index in [1.165, 1.54) is 11.8 Å². The Kier molecular flexibility index (Phi) is 4.57. The number of fused-ring (bicyclic) bond motifs is 1. The van der Waals surface area contributed by atoms with Gasteiger partial charge in [0, 0.05) is 28.7 Å². The fourth-order valence-corrected chi connectivity index (χ4v) is 3.76. The van der Waals surface area contributed by atoms with Gasteiger partial charge in [-0.2, -0.15) is 0 Å². The molecule has 0 aliphatic carbocycles. The molecule has 3 rings (SSSR count). The fourth-order valence-electron chi connectivity index (χ4n) is 2.80. The highest BCUT2D eigenvalue weighted by Gasteiger charge is 2.24. The third-order valence-electron chi connectivity index (χ3n) is 4.00. The van der Waals surface area contributed by atoms with E-state index >= 15 is 0 Å². The largest absolute Gasteiger partial charge is 0.358 e. The van der Waals surface area contributed by atoms with Gasteiger partial charge in [0.2, 0.25) is 0 Å². The second-order valence-electron chi connectivity index (χ2n) is 5.72. The summed E-state index contributed by atoms with van der Waals surface area (Å²) >= 11 is 1.43. The highest BCUT2D eigenvalue weighted by Crippen LogP contribution is 2.29. The molecule has 1 atom stereocenters. The van der Waals surface area contributed by atoms with Crippen LogP contribution in [0.1, 0.15) is 28.8 Å². The van der Waals surface area contributed by atoms with Crippen molar-refractivity contribution in [3.8, 4) is 0 Å². The molecule has 0 spiro atoms. The van der Waals surface area contributed by atoms with Gasteiger partial charge in [-0.25, -0.2) is 0 Å². The number of allylic oxidation sites excluding steroid dienone is 1. The summed E-state index contributed by atoms with van der Waals surface area (Å²) < 4.78 is 1.96. The van der Waals surface area contributed by atoms with Crippen molar-refractivity contribution in [3.63, 3.8) is 0 Å². The average molecular weight is 340 g/mol. The highest BCUT2D eigenvalue weighted by molar-refractivity contribution is 8.00. The molecule has 0 saturated heterocycles. The van der Waals surface area contributed by atoms with E-state index in [9.17, 15) is 4.79 Å². The van der Waals surface area contributed by atoms with Crippen molar-refractivity contribution in [1.29, 1.82) is 0 Å². The number of para-hydroxylation sites is 1. The van der Waals surface area contributed by atoms with Crippen LogP contribution in [0, 0.1) is 13.8 Å². The number of aromatic nitrogens is 4. The number of carbonyl (C=O) groups is 1. The molecule has 2 aromatic heterocycles. The Bertz CT molecular complexity index is 909. The number of aryl methyl sites for hydroxylation is 2. The second kappa shape index (κ2) is 6.65. The Labute approximate surface area is 145 Å². The molecule has 0 fully saturated rings. The SMILES string of the molecule is C=CCn1c(C)nnc1S[C@@H](C)C(=O)c1c(C)[nH]c2ccccc12. The summed E-state index contributed by atoms with van der Waals surface area (Å²) in [6, 6.07) is 7.88. The number of H-pyrrole nitrogens is 1. The molecule has 1 aromatic carbocycles. The first-order valence-electron chi connectivity index (χ1n) is 7.81.